The predicted molar refractivity (Wildman–Crippen MR) is 131 cm³/mol. The molecule has 0 atom stereocenters. The van der Waals surface area contributed by atoms with Crippen molar-refractivity contribution >= 4 is 51.6 Å². The summed E-state index contributed by atoms with van der Waals surface area (Å²) in [6.07, 6.45) is 0.927. The lowest BCUT2D eigenvalue weighted by molar-refractivity contribution is 0.0977. The number of carbonyl (C=O) groups excluding carboxylic acids is 1. The van der Waals surface area contributed by atoms with Crippen LogP contribution in [0.5, 0.6) is 0 Å². The van der Waals surface area contributed by atoms with E-state index < -0.39 is 0 Å². The zero-order valence-electron chi connectivity index (χ0n) is 17.1. The van der Waals surface area contributed by atoms with Crippen LogP contribution in [0.3, 0.4) is 0 Å². The molecule has 0 aliphatic rings. The molecule has 31 heavy (non-hydrogen) atoms. The van der Waals surface area contributed by atoms with Gasteiger partial charge in [-0.15, -0.1) is 0 Å². The Kier molecular flexibility index (Phi) is 6.02. The van der Waals surface area contributed by atoms with Crippen molar-refractivity contribution in [1.82, 2.24) is 15.3 Å². The van der Waals surface area contributed by atoms with Gasteiger partial charge in [-0.3, -0.25) is 10.1 Å². The number of imidazole rings is 1. The highest BCUT2D eigenvalue weighted by molar-refractivity contribution is 7.80. The van der Waals surface area contributed by atoms with Crippen molar-refractivity contribution in [1.29, 1.82) is 0 Å². The molecule has 0 bridgehead atoms. The first-order valence-electron chi connectivity index (χ1n) is 9.90. The van der Waals surface area contributed by atoms with Crippen molar-refractivity contribution in [3.63, 3.8) is 0 Å². The quantitative estimate of drug-likeness (QED) is 0.341. The maximum Gasteiger partial charge on any atom is 0.257 e. The molecule has 0 aliphatic carbocycles. The Hall–Kier alpha value is -3.22. The van der Waals surface area contributed by atoms with Crippen molar-refractivity contribution in [3.05, 3.63) is 82.4 Å². The Balaban J connectivity index is 1.48. The van der Waals surface area contributed by atoms with Crippen molar-refractivity contribution in [3.8, 4) is 11.4 Å². The van der Waals surface area contributed by atoms with Gasteiger partial charge in [0.15, 0.2) is 5.11 Å². The third kappa shape index (κ3) is 4.76. The number of H-pyrrole nitrogens is 1. The highest BCUT2D eigenvalue weighted by atomic mass is 35.5. The van der Waals surface area contributed by atoms with Crippen LogP contribution >= 0.6 is 23.8 Å². The number of thiocarbonyl (C=S) groups is 1. The Morgan fingerprint density at radius 3 is 2.65 bits per heavy atom. The van der Waals surface area contributed by atoms with Crippen LogP contribution in [0, 0.1) is 6.92 Å². The summed E-state index contributed by atoms with van der Waals surface area (Å²) in [5, 5.41) is 6.70. The fourth-order valence-corrected chi connectivity index (χ4v) is 3.62. The second-order valence-corrected chi connectivity index (χ2v) is 8.06. The minimum Gasteiger partial charge on any atom is -0.338 e. The van der Waals surface area contributed by atoms with Crippen molar-refractivity contribution in [2.24, 2.45) is 0 Å². The van der Waals surface area contributed by atoms with E-state index in [0.29, 0.717) is 10.6 Å². The lowest BCUT2D eigenvalue weighted by Gasteiger charge is -2.10. The van der Waals surface area contributed by atoms with Crippen LogP contribution in [0.1, 0.15) is 28.4 Å². The minimum atomic E-state index is -0.249. The maximum absolute atomic E-state index is 12.4. The molecule has 0 aliphatic heterocycles. The molecule has 3 N–H and O–H groups in total. The van der Waals surface area contributed by atoms with E-state index in [9.17, 15) is 4.79 Å². The van der Waals surface area contributed by atoms with Crippen LogP contribution in [-0.2, 0) is 6.42 Å². The second kappa shape index (κ2) is 8.88. The summed E-state index contributed by atoms with van der Waals surface area (Å²) in [7, 11) is 0. The fraction of sp³-hybridized carbons (Fsp3) is 0.125. The van der Waals surface area contributed by atoms with Crippen LogP contribution in [0.2, 0.25) is 5.02 Å². The Morgan fingerprint density at radius 1 is 1.13 bits per heavy atom. The smallest absolute Gasteiger partial charge is 0.257 e. The normalized spacial score (nSPS) is 10.8. The van der Waals surface area contributed by atoms with Crippen LogP contribution in [0.25, 0.3) is 22.4 Å². The summed E-state index contributed by atoms with van der Waals surface area (Å²) < 4.78 is 0. The predicted octanol–water partition coefficient (Wildman–Crippen LogP) is 5.88. The molecule has 1 heterocycles. The van der Waals surface area contributed by atoms with E-state index in [0.717, 1.165) is 40.1 Å². The standard InChI is InChI=1S/C24H21ClN4OS/c1-3-15-7-9-16(10-8-15)23(30)29-24(31)26-18-6-4-5-17(12-18)22-27-20-11-14(2)19(25)13-21(20)28-22/h4-13H,3H2,1-2H3,(H,27,28)(H2,26,29,30,31). The van der Waals surface area contributed by atoms with E-state index in [1.807, 2.05) is 55.5 Å². The van der Waals surface area contributed by atoms with Crippen LogP contribution in [0.15, 0.2) is 60.7 Å². The van der Waals surface area contributed by atoms with E-state index in [2.05, 4.69) is 27.5 Å². The maximum atomic E-state index is 12.4. The SMILES string of the molecule is CCc1ccc(C(=O)NC(=S)Nc2cccc(-c3nc4cc(Cl)c(C)cc4[nH]3)c2)cc1. The molecule has 0 spiro atoms. The number of nitrogens with one attached hydrogen (secondary N) is 3. The zero-order valence-corrected chi connectivity index (χ0v) is 18.7. The molecular weight excluding hydrogens is 428 g/mol. The van der Waals surface area contributed by atoms with Gasteiger partial charge in [-0.05, 0) is 73.1 Å². The number of anilines is 1. The molecule has 0 saturated heterocycles. The van der Waals surface area contributed by atoms with Gasteiger partial charge >= 0.3 is 0 Å². The number of halogens is 1. The summed E-state index contributed by atoms with van der Waals surface area (Å²) >= 11 is 11.5. The van der Waals surface area contributed by atoms with E-state index in [1.165, 1.54) is 5.56 Å². The van der Waals surface area contributed by atoms with E-state index >= 15 is 0 Å². The summed E-state index contributed by atoms with van der Waals surface area (Å²) in [5.41, 5.74) is 6.10. The Bertz CT molecular complexity index is 1240. The minimum absolute atomic E-state index is 0.230. The van der Waals surface area contributed by atoms with E-state index in [1.54, 1.807) is 12.1 Å². The Labute approximate surface area is 190 Å². The third-order valence-corrected chi connectivity index (χ3v) is 5.62. The van der Waals surface area contributed by atoms with Gasteiger partial charge in [-0.2, -0.15) is 0 Å². The lowest BCUT2D eigenvalue weighted by atomic mass is 10.1. The van der Waals surface area contributed by atoms with Gasteiger partial charge in [0.25, 0.3) is 5.91 Å². The number of benzene rings is 3. The van der Waals surface area contributed by atoms with Gasteiger partial charge in [0, 0.05) is 21.8 Å². The zero-order chi connectivity index (χ0) is 22.0. The molecule has 4 aromatic rings. The van der Waals surface area contributed by atoms with Crippen molar-refractivity contribution in [2.45, 2.75) is 20.3 Å². The molecule has 4 rings (SSSR count). The van der Waals surface area contributed by atoms with Gasteiger partial charge in [-0.25, -0.2) is 4.98 Å². The molecule has 3 aromatic carbocycles. The molecule has 0 radical (unpaired) electrons. The number of rotatable bonds is 4. The van der Waals surface area contributed by atoms with Crippen LogP contribution < -0.4 is 10.6 Å². The third-order valence-electron chi connectivity index (χ3n) is 5.01. The largest absolute Gasteiger partial charge is 0.338 e. The van der Waals surface area contributed by atoms with Gasteiger partial charge < -0.3 is 10.3 Å². The molecule has 0 fully saturated rings. The first-order chi connectivity index (χ1) is 14.9. The summed E-state index contributed by atoms with van der Waals surface area (Å²) in [6.45, 7) is 4.03. The first kappa shape index (κ1) is 21.0. The average molecular weight is 449 g/mol. The first-order valence-corrected chi connectivity index (χ1v) is 10.7. The topological polar surface area (TPSA) is 69.8 Å². The van der Waals surface area contributed by atoms with E-state index in [-0.39, 0.29) is 11.0 Å². The summed E-state index contributed by atoms with van der Waals surface area (Å²) in [4.78, 5) is 20.4. The van der Waals surface area contributed by atoms with Crippen LogP contribution in [-0.4, -0.2) is 21.0 Å². The molecule has 0 saturated carbocycles. The molecule has 7 heteroatoms. The highest BCUT2D eigenvalue weighted by Crippen LogP contribution is 2.26. The van der Waals surface area contributed by atoms with Crippen molar-refractivity contribution in [2.75, 3.05) is 5.32 Å². The number of aromatic amines is 1. The fourth-order valence-electron chi connectivity index (χ4n) is 3.25. The molecule has 1 aromatic heterocycles. The van der Waals surface area contributed by atoms with Crippen LogP contribution in [0.4, 0.5) is 5.69 Å². The monoisotopic (exact) mass is 448 g/mol. The molecule has 0 unspecified atom stereocenters. The number of nitrogens with zero attached hydrogens (tertiary/aromatic N) is 1. The number of aryl methyl sites for hydroxylation is 2. The Morgan fingerprint density at radius 2 is 1.90 bits per heavy atom. The van der Waals surface area contributed by atoms with E-state index in [4.69, 9.17) is 23.8 Å². The number of aromatic nitrogens is 2. The molecular formula is C24H21ClN4OS. The lowest BCUT2D eigenvalue weighted by Crippen LogP contribution is -2.34. The average Bonchev–Trinajstić information content (AvgIpc) is 3.17. The highest BCUT2D eigenvalue weighted by Gasteiger charge is 2.10. The van der Waals surface area contributed by atoms with Gasteiger partial charge in [0.05, 0.1) is 11.0 Å². The summed E-state index contributed by atoms with van der Waals surface area (Å²) in [5.74, 6) is 0.479. The number of hydrogen-bond donors (Lipinski definition) is 3. The molecule has 1 amide bonds. The van der Waals surface area contributed by atoms with Crippen molar-refractivity contribution < 1.29 is 4.79 Å². The number of carbonyl (C=O) groups is 1. The molecule has 5 nitrogen and oxygen atoms in total. The number of fused-ring (bicyclic) bond motifs is 1. The van der Waals surface area contributed by atoms with Gasteiger partial charge in [0.2, 0.25) is 0 Å². The molecule has 156 valence electrons. The van der Waals surface area contributed by atoms with Gasteiger partial charge in [0.1, 0.15) is 5.82 Å². The van der Waals surface area contributed by atoms with Gasteiger partial charge in [-0.1, -0.05) is 42.8 Å². The second-order valence-electron chi connectivity index (χ2n) is 7.24. The summed E-state index contributed by atoms with van der Waals surface area (Å²) in [6, 6.07) is 19.0. The number of hydrogen-bond acceptors (Lipinski definition) is 3. The number of amides is 1.